The highest BCUT2D eigenvalue weighted by atomic mass is 19.1. The van der Waals surface area contributed by atoms with Crippen LogP contribution in [0.2, 0.25) is 0 Å². The summed E-state index contributed by atoms with van der Waals surface area (Å²) >= 11 is 0. The molecule has 0 heterocycles. The molecule has 0 bridgehead atoms. The molecule has 0 aliphatic heterocycles. The minimum absolute atomic E-state index is 0.00832. The fourth-order valence-electron chi connectivity index (χ4n) is 2.26. The maximum Gasteiger partial charge on any atom is 0.341 e. The van der Waals surface area contributed by atoms with Gasteiger partial charge in [-0.1, -0.05) is 12.1 Å². The summed E-state index contributed by atoms with van der Waals surface area (Å²) in [6.07, 6.45) is -1.22. The fourth-order valence-corrected chi connectivity index (χ4v) is 2.26. The molecule has 2 aromatic rings. The fraction of sp³-hybridized carbons (Fsp3) is 0.222. The van der Waals surface area contributed by atoms with E-state index in [-0.39, 0.29) is 24.4 Å². The normalized spacial score (nSPS) is 11.4. The van der Waals surface area contributed by atoms with E-state index in [1.807, 2.05) is 0 Å². The van der Waals surface area contributed by atoms with Crippen molar-refractivity contribution in [2.24, 2.45) is 0 Å². The number of hydrogen-bond acceptors (Lipinski definition) is 7. The minimum atomic E-state index is -1.22. The Morgan fingerprint density at radius 1 is 1.29 bits per heavy atom. The Kier molecular flexibility index (Phi) is 6.99. The van der Waals surface area contributed by atoms with Crippen LogP contribution in [0, 0.1) is 15.9 Å². The number of esters is 1. The summed E-state index contributed by atoms with van der Waals surface area (Å²) in [5.41, 5.74) is -0.186. The number of aliphatic hydroxyl groups is 1. The summed E-state index contributed by atoms with van der Waals surface area (Å²) in [5, 5.41) is 24.8. The van der Waals surface area contributed by atoms with Crippen LogP contribution in [0.1, 0.15) is 17.3 Å². The number of carbonyl (C=O) groups excluding carboxylic acids is 2. The van der Waals surface area contributed by atoms with Crippen molar-refractivity contribution in [3.05, 3.63) is 64.0 Å². The second-order valence-corrected chi connectivity index (χ2v) is 5.66. The Morgan fingerprint density at radius 3 is 2.68 bits per heavy atom. The van der Waals surface area contributed by atoms with Crippen LogP contribution in [0.3, 0.4) is 0 Å². The van der Waals surface area contributed by atoms with Crippen LogP contribution in [0.4, 0.5) is 21.5 Å². The lowest BCUT2D eigenvalue weighted by Gasteiger charge is -2.15. The van der Waals surface area contributed by atoms with Gasteiger partial charge in [0.1, 0.15) is 0 Å². The zero-order valence-electron chi connectivity index (χ0n) is 14.8. The van der Waals surface area contributed by atoms with Crippen molar-refractivity contribution in [2.75, 3.05) is 23.8 Å². The predicted molar refractivity (Wildman–Crippen MR) is 98.6 cm³/mol. The molecule has 2 aromatic carbocycles. The van der Waals surface area contributed by atoms with E-state index >= 15 is 0 Å². The molecular weight excluding hydrogens is 373 g/mol. The molecule has 0 saturated carbocycles. The molecule has 3 N–H and O–H groups in total. The number of carbonyl (C=O) groups is 2. The first kappa shape index (κ1) is 20.8. The zero-order chi connectivity index (χ0) is 20.7. The van der Waals surface area contributed by atoms with E-state index in [0.717, 1.165) is 18.2 Å². The van der Waals surface area contributed by atoms with Crippen molar-refractivity contribution in [3.63, 3.8) is 0 Å². The molecule has 10 heteroatoms. The van der Waals surface area contributed by atoms with Crippen molar-refractivity contribution < 1.29 is 28.7 Å². The van der Waals surface area contributed by atoms with Gasteiger partial charge in [0, 0.05) is 24.0 Å². The first-order valence-electron chi connectivity index (χ1n) is 8.23. The Hall–Kier alpha value is -3.53. The lowest BCUT2D eigenvalue weighted by Crippen LogP contribution is -2.30. The molecule has 9 nitrogen and oxygen atoms in total. The predicted octanol–water partition coefficient (Wildman–Crippen LogP) is 2.32. The summed E-state index contributed by atoms with van der Waals surface area (Å²) in [6.45, 7) is 1.42. The van der Waals surface area contributed by atoms with Gasteiger partial charge in [-0.05, 0) is 31.2 Å². The monoisotopic (exact) mass is 391 g/mol. The maximum absolute atomic E-state index is 13.4. The number of halogens is 1. The summed E-state index contributed by atoms with van der Waals surface area (Å²) in [6, 6.07) is 9.30. The second-order valence-electron chi connectivity index (χ2n) is 5.66. The van der Waals surface area contributed by atoms with Gasteiger partial charge in [0.25, 0.3) is 5.91 Å². The third-order valence-corrected chi connectivity index (χ3v) is 3.64. The first-order valence-corrected chi connectivity index (χ1v) is 8.23. The highest BCUT2D eigenvalue weighted by Gasteiger charge is 2.22. The molecule has 148 valence electrons. The van der Waals surface area contributed by atoms with Gasteiger partial charge in [0.15, 0.2) is 6.10 Å². The number of amides is 1. The number of anilines is 2. The van der Waals surface area contributed by atoms with Crippen LogP contribution in [-0.2, 0) is 9.53 Å². The van der Waals surface area contributed by atoms with Crippen molar-refractivity contribution in [3.8, 4) is 0 Å². The van der Waals surface area contributed by atoms with Gasteiger partial charge in [0.05, 0.1) is 17.1 Å². The van der Waals surface area contributed by atoms with Gasteiger partial charge in [-0.25, -0.2) is 4.79 Å². The SMILES string of the molecule is C[C@@H](OC(=O)c1ccccc1NCCO)C(=O)Nc1ccc(F)c([N+](=O)[O-])c1. The van der Waals surface area contributed by atoms with Crippen LogP contribution >= 0.6 is 0 Å². The number of nitro groups is 1. The van der Waals surface area contributed by atoms with Crippen LogP contribution in [0.15, 0.2) is 42.5 Å². The van der Waals surface area contributed by atoms with Crippen molar-refractivity contribution >= 4 is 28.9 Å². The molecule has 1 amide bonds. The largest absolute Gasteiger partial charge is 0.449 e. The highest BCUT2D eigenvalue weighted by Crippen LogP contribution is 2.22. The van der Waals surface area contributed by atoms with Gasteiger partial charge in [-0.3, -0.25) is 14.9 Å². The molecule has 1 atom stereocenters. The minimum Gasteiger partial charge on any atom is -0.449 e. The smallest absolute Gasteiger partial charge is 0.341 e. The van der Waals surface area contributed by atoms with Gasteiger partial charge in [-0.15, -0.1) is 0 Å². The quantitative estimate of drug-likeness (QED) is 0.357. The maximum atomic E-state index is 13.4. The third kappa shape index (κ3) is 5.24. The summed E-state index contributed by atoms with van der Waals surface area (Å²) in [4.78, 5) is 34.4. The summed E-state index contributed by atoms with van der Waals surface area (Å²) in [7, 11) is 0. The van der Waals surface area contributed by atoms with Crippen molar-refractivity contribution in [1.29, 1.82) is 0 Å². The van der Waals surface area contributed by atoms with Crippen LogP contribution in [-0.4, -0.2) is 41.2 Å². The second kappa shape index (κ2) is 9.42. The Morgan fingerprint density at radius 2 is 2.00 bits per heavy atom. The summed E-state index contributed by atoms with van der Waals surface area (Å²) < 4.78 is 18.5. The number of benzene rings is 2. The number of hydrogen-bond donors (Lipinski definition) is 3. The number of para-hydroxylation sites is 1. The Balaban J connectivity index is 2.06. The Bertz CT molecular complexity index is 889. The van der Waals surface area contributed by atoms with E-state index in [0.29, 0.717) is 5.69 Å². The standard InChI is InChI=1S/C18H18FN3O6/c1-11(17(24)21-12-6-7-14(19)16(10-12)22(26)27)28-18(25)13-4-2-3-5-15(13)20-8-9-23/h2-7,10-11,20,23H,8-9H2,1H3,(H,21,24)/t11-/m1/s1. The van der Waals surface area contributed by atoms with Crippen molar-refractivity contribution in [2.45, 2.75) is 13.0 Å². The number of rotatable bonds is 8. The van der Waals surface area contributed by atoms with E-state index in [9.17, 15) is 24.1 Å². The topological polar surface area (TPSA) is 131 Å². The van der Waals surface area contributed by atoms with Gasteiger partial charge >= 0.3 is 11.7 Å². The molecular formula is C18H18FN3O6. The van der Waals surface area contributed by atoms with E-state index in [1.54, 1.807) is 18.2 Å². The molecule has 0 radical (unpaired) electrons. The highest BCUT2D eigenvalue weighted by molar-refractivity contribution is 5.99. The number of nitrogens with zero attached hydrogens (tertiary/aromatic N) is 1. The van der Waals surface area contributed by atoms with Gasteiger partial charge < -0.3 is 20.5 Å². The number of ether oxygens (including phenoxy) is 1. The third-order valence-electron chi connectivity index (χ3n) is 3.64. The van der Waals surface area contributed by atoms with E-state index in [1.165, 1.54) is 13.0 Å². The number of nitrogens with one attached hydrogen (secondary N) is 2. The Labute approximate surface area is 159 Å². The molecule has 0 aliphatic carbocycles. The van der Waals surface area contributed by atoms with E-state index in [4.69, 9.17) is 9.84 Å². The van der Waals surface area contributed by atoms with E-state index < -0.39 is 34.4 Å². The average Bonchev–Trinajstić information content (AvgIpc) is 2.67. The average molecular weight is 391 g/mol. The molecule has 0 unspecified atom stereocenters. The lowest BCUT2D eigenvalue weighted by atomic mass is 10.1. The lowest BCUT2D eigenvalue weighted by molar-refractivity contribution is -0.387. The molecule has 0 aliphatic rings. The van der Waals surface area contributed by atoms with Crippen LogP contribution in [0.5, 0.6) is 0 Å². The molecule has 0 spiro atoms. The summed E-state index contributed by atoms with van der Waals surface area (Å²) in [5.74, 6) is -2.54. The molecule has 0 aromatic heterocycles. The number of aliphatic hydroxyl groups excluding tert-OH is 1. The molecule has 0 fully saturated rings. The van der Waals surface area contributed by atoms with Gasteiger partial charge in [-0.2, -0.15) is 4.39 Å². The molecule has 2 rings (SSSR count). The number of nitro benzene ring substituents is 1. The van der Waals surface area contributed by atoms with Crippen LogP contribution in [0.25, 0.3) is 0 Å². The molecule has 28 heavy (non-hydrogen) atoms. The van der Waals surface area contributed by atoms with Crippen molar-refractivity contribution in [1.82, 2.24) is 0 Å². The van der Waals surface area contributed by atoms with E-state index in [2.05, 4.69) is 10.6 Å². The first-order chi connectivity index (χ1) is 13.3. The van der Waals surface area contributed by atoms with Crippen LogP contribution < -0.4 is 10.6 Å². The zero-order valence-corrected chi connectivity index (χ0v) is 14.8. The van der Waals surface area contributed by atoms with Gasteiger partial charge in [0.2, 0.25) is 5.82 Å². The molecule has 0 saturated heterocycles.